The second-order valence-corrected chi connectivity index (χ2v) is 5.05. The van der Waals surface area contributed by atoms with Crippen LogP contribution in [0.2, 0.25) is 0 Å². The van der Waals surface area contributed by atoms with Gasteiger partial charge < -0.3 is 4.52 Å². The van der Waals surface area contributed by atoms with Crippen LogP contribution in [0.25, 0.3) is 11.3 Å². The van der Waals surface area contributed by atoms with Crippen molar-refractivity contribution in [2.24, 2.45) is 0 Å². The third kappa shape index (κ3) is 3.10. The highest BCUT2D eigenvalue weighted by molar-refractivity contribution is 14.1. The summed E-state index contributed by atoms with van der Waals surface area (Å²) in [6.07, 6.45) is -4.54. The predicted molar refractivity (Wildman–Crippen MR) is 73.3 cm³/mol. The van der Waals surface area contributed by atoms with Crippen LogP contribution in [-0.4, -0.2) is 11.3 Å². The van der Waals surface area contributed by atoms with Crippen LogP contribution >= 0.6 is 22.6 Å². The zero-order valence-corrected chi connectivity index (χ0v) is 12.1. The Labute approximate surface area is 122 Å². The summed E-state index contributed by atoms with van der Waals surface area (Å²) in [7, 11) is 0. The lowest BCUT2D eigenvalue weighted by Gasteiger charge is -2.13. The molecule has 2 rings (SSSR count). The van der Waals surface area contributed by atoms with E-state index in [1.54, 1.807) is 12.1 Å². The van der Waals surface area contributed by atoms with Gasteiger partial charge in [0.2, 0.25) is 0 Å². The van der Waals surface area contributed by atoms with Crippen molar-refractivity contribution in [3.63, 3.8) is 0 Å². The van der Waals surface area contributed by atoms with E-state index in [2.05, 4.69) is 27.7 Å². The van der Waals surface area contributed by atoms with E-state index < -0.39 is 12.1 Å². The van der Waals surface area contributed by atoms with Crippen LogP contribution in [0.1, 0.15) is 19.1 Å². The van der Waals surface area contributed by atoms with Gasteiger partial charge in [0, 0.05) is 15.2 Å². The second-order valence-electron chi connectivity index (χ2n) is 3.89. The molecule has 0 bridgehead atoms. The third-order valence-electron chi connectivity index (χ3n) is 2.65. The summed E-state index contributed by atoms with van der Waals surface area (Å²) in [5.41, 5.74) is 1.17. The van der Waals surface area contributed by atoms with Crippen molar-refractivity contribution in [1.29, 1.82) is 0 Å². The van der Waals surface area contributed by atoms with E-state index in [-0.39, 0.29) is 12.2 Å². The Hall–Kier alpha value is -1.05. The Morgan fingerprint density at radius 2 is 2.00 bits per heavy atom. The fraction of sp³-hybridized carbons (Fsp3) is 0.231. The lowest BCUT2D eigenvalue weighted by atomic mass is 10.0. The number of aromatic nitrogens is 1. The summed E-state index contributed by atoms with van der Waals surface area (Å²) in [6, 6.07) is 8.65. The first kappa shape index (κ1) is 14.4. The minimum atomic E-state index is -4.39. The first-order chi connectivity index (χ1) is 8.93. The molecule has 2 nitrogen and oxygen atoms in total. The molecule has 1 radical (unpaired) electrons. The maximum Gasteiger partial charge on any atom is 0.402 e. The Morgan fingerprint density at radius 3 is 2.58 bits per heavy atom. The molecule has 1 heterocycles. The lowest BCUT2D eigenvalue weighted by Crippen LogP contribution is -2.20. The summed E-state index contributed by atoms with van der Waals surface area (Å²) in [6.45, 7) is 1.44. The molecule has 0 aliphatic heterocycles. The van der Waals surface area contributed by atoms with Crippen LogP contribution in [0.4, 0.5) is 13.2 Å². The molecule has 0 spiro atoms. The van der Waals surface area contributed by atoms with Gasteiger partial charge in [-0.25, -0.2) is 0 Å². The van der Waals surface area contributed by atoms with E-state index in [0.29, 0.717) is 5.69 Å². The van der Waals surface area contributed by atoms with Crippen LogP contribution in [0.3, 0.4) is 0 Å². The first-order valence-electron chi connectivity index (χ1n) is 5.58. The highest BCUT2D eigenvalue weighted by Crippen LogP contribution is 2.37. The standard InChI is InChI=1S/C13H10F3INO/c1-2-9(13(14,15)16)12-7-11(18-19-12)8-5-3-4-6-10(8)17/h3-7H,2H2,1H3. The Bertz CT molecular complexity index is 565. The van der Waals surface area contributed by atoms with E-state index in [1.807, 2.05) is 12.1 Å². The van der Waals surface area contributed by atoms with Crippen LogP contribution in [0.5, 0.6) is 0 Å². The lowest BCUT2D eigenvalue weighted by molar-refractivity contribution is -0.113. The van der Waals surface area contributed by atoms with Crippen molar-refractivity contribution in [3.8, 4) is 11.3 Å². The Balaban J connectivity index is 2.37. The van der Waals surface area contributed by atoms with Gasteiger partial charge in [0.05, 0.1) is 0 Å². The number of alkyl halides is 3. The van der Waals surface area contributed by atoms with Gasteiger partial charge in [-0.3, -0.25) is 0 Å². The van der Waals surface area contributed by atoms with Gasteiger partial charge in [-0.05, 0) is 35.1 Å². The van der Waals surface area contributed by atoms with Gasteiger partial charge in [-0.15, -0.1) is 0 Å². The molecule has 0 amide bonds. The Kier molecular flexibility index (Phi) is 4.17. The molecule has 101 valence electrons. The van der Waals surface area contributed by atoms with Crippen molar-refractivity contribution in [1.82, 2.24) is 5.16 Å². The second kappa shape index (κ2) is 5.52. The maximum absolute atomic E-state index is 12.8. The molecule has 1 aromatic carbocycles. The van der Waals surface area contributed by atoms with E-state index in [0.717, 1.165) is 9.13 Å². The average molecular weight is 380 g/mol. The monoisotopic (exact) mass is 380 g/mol. The quantitative estimate of drug-likeness (QED) is 0.713. The van der Waals surface area contributed by atoms with Crippen molar-refractivity contribution < 1.29 is 17.7 Å². The molecule has 0 aliphatic rings. The molecule has 0 aliphatic carbocycles. The van der Waals surface area contributed by atoms with Crippen molar-refractivity contribution >= 4 is 22.6 Å². The predicted octanol–water partition coefficient (Wildman–Crippen LogP) is 4.84. The average Bonchev–Trinajstić information content (AvgIpc) is 2.78. The van der Waals surface area contributed by atoms with Crippen LogP contribution in [0.15, 0.2) is 34.9 Å². The molecule has 0 fully saturated rings. The van der Waals surface area contributed by atoms with Crippen molar-refractivity contribution in [2.75, 3.05) is 0 Å². The van der Waals surface area contributed by atoms with Gasteiger partial charge in [0.25, 0.3) is 0 Å². The smallest absolute Gasteiger partial charge is 0.360 e. The minimum Gasteiger partial charge on any atom is -0.360 e. The van der Waals surface area contributed by atoms with E-state index in [1.165, 1.54) is 13.0 Å². The molecule has 2 aromatic rings. The van der Waals surface area contributed by atoms with Gasteiger partial charge in [0.1, 0.15) is 11.6 Å². The normalized spacial score (nSPS) is 12.1. The number of halogens is 4. The van der Waals surface area contributed by atoms with E-state index >= 15 is 0 Å². The van der Waals surface area contributed by atoms with Gasteiger partial charge >= 0.3 is 6.18 Å². The Morgan fingerprint density at radius 1 is 1.32 bits per heavy atom. The summed E-state index contributed by atoms with van der Waals surface area (Å²) < 4.78 is 44.1. The van der Waals surface area contributed by atoms with Crippen molar-refractivity contribution in [2.45, 2.75) is 19.5 Å². The van der Waals surface area contributed by atoms with Crippen LogP contribution in [0, 0.1) is 9.49 Å². The van der Waals surface area contributed by atoms with Gasteiger partial charge in [-0.2, -0.15) is 13.2 Å². The molecule has 0 atom stereocenters. The van der Waals surface area contributed by atoms with Crippen molar-refractivity contribution in [3.05, 3.63) is 45.6 Å². The van der Waals surface area contributed by atoms with E-state index in [4.69, 9.17) is 4.52 Å². The number of hydrogen-bond donors (Lipinski definition) is 0. The first-order valence-corrected chi connectivity index (χ1v) is 6.66. The molecule has 19 heavy (non-hydrogen) atoms. The fourth-order valence-electron chi connectivity index (χ4n) is 1.73. The zero-order valence-electron chi connectivity index (χ0n) is 9.96. The molecule has 0 saturated heterocycles. The minimum absolute atomic E-state index is 0.149. The van der Waals surface area contributed by atoms with E-state index in [9.17, 15) is 13.2 Å². The highest BCUT2D eigenvalue weighted by atomic mass is 127. The molecule has 0 N–H and O–H groups in total. The van der Waals surface area contributed by atoms with Crippen LogP contribution < -0.4 is 0 Å². The summed E-state index contributed by atoms with van der Waals surface area (Å²) in [4.78, 5) is 0. The largest absolute Gasteiger partial charge is 0.402 e. The van der Waals surface area contributed by atoms with Gasteiger partial charge in [0.15, 0.2) is 5.76 Å². The highest BCUT2D eigenvalue weighted by Gasteiger charge is 2.43. The van der Waals surface area contributed by atoms with Crippen LogP contribution in [-0.2, 0) is 0 Å². The maximum atomic E-state index is 12.8. The van der Waals surface area contributed by atoms with Gasteiger partial charge in [-0.1, -0.05) is 30.3 Å². The fourth-order valence-corrected chi connectivity index (χ4v) is 2.39. The molecular formula is C13H10F3INO. The SMILES string of the molecule is CC[C](c1cc(-c2ccccc2I)no1)C(F)(F)F. The summed E-state index contributed by atoms with van der Waals surface area (Å²) in [5.74, 6) is -0.915. The topological polar surface area (TPSA) is 26.0 Å². The molecular weight excluding hydrogens is 370 g/mol. The summed E-state index contributed by atoms with van der Waals surface area (Å²) >= 11 is 2.11. The molecule has 0 saturated carbocycles. The number of benzene rings is 1. The number of nitrogens with zero attached hydrogens (tertiary/aromatic N) is 1. The summed E-state index contributed by atoms with van der Waals surface area (Å²) in [5, 5.41) is 3.73. The number of hydrogen-bond acceptors (Lipinski definition) is 2. The number of rotatable bonds is 3. The third-order valence-corrected chi connectivity index (χ3v) is 3.59. The molecule has 0 unspecified atom stereocenters. The zero-order chi connectivity index (χ0) is 14.0. The molecule has 1 aromatic heterocycles. The molecule has 6 heteroatoms.